The SMILES string of the molecule is CCOC(=O)[C@H]1C[C@H](OC(=O)C(F)(F)F)CCN1C(=O)OC(C)(C)C. The van der Waals surface area contributed by atoms with Crippen molar-refractivity contribution in [3.8, 4) is 0 Å². The summed E-state index contributed by atoms with van der Waals surface area (Å²) < 4.78 is 51.4. The number of carbonyl (C=O) groups is 3. The van der Waals surface area contributed by atoms with Crippen LogP contribution in [0, 0.1) is 0 Å². The van der Waals surface area contributed by atoms with E-state index in [9.17, 15) is 27.6 Å². The van der Waals surface area contributed by atoms with Crippen molar-refractivity contribution in [1.29, 1.82) is 0 Å². The number of halogens is 3. The van der Waals surface area contributed by atoms with Crippen molar-refractivity contribution in [2.24, 2.45) is 0 Å². The number of piperidine rings is 1. The second-order valence-electron chi connectivity index (χ2n) is 6.49. The van der Waals surface area contributed by atoms with Gasteiger partial charge < -0.3 is 14.2 Å². The van der Waals surface area contributed by atoms with E-state index in [1.807, 2.05) is 0 Å². The maximum atomic E-state index is 12.3. The molecule has 1 amide bonds. The number of alkyl halides is 3. The van der Waals surface area contributed by atoms with Gasteiger partial charge in [-0.2, -0.15) is 13.2 Å². The van der Waals surface area contributed by atoms with Gasteiger partial charge in [-0.1, -0.05) is 0 Å². The van der Waals surface area contributed by atoms with Gasteiger partial charge in [0.05, 0.1) is 6.61 Å². The quantitative estimate of drug-likeness (QED) is 0.561. The van der Waals surface area contributed by atoms with E-state index in [-0.39, 0.29) is 26.0 Å². The number of esters is 2. The van der Waals surface area contributed by atoms with Crippen LogP contribution in [0.3, 0.4) is 0 Å². The number of amides is 1. The third-order valence-electron chi connectivity index (χ3n) is 3.25. The monoisotopic (exact) mass is 369 g/mol. The first-order chi connectivity index (χ1) is 11.3. The standard InChI is InChI=1S/C15H22F3NO6/c1-5-23-11(20)10-8-9(24-12(21)15(16,17)18)6-7-19(10)13(22)25-14(2,3)4/h9-10H,5-8H2,1-4H3/t9-,10-/m1/s1. The topological polar surface area (TPSA) is 82.1 Å². The molecule has 1 saturated heterocycles. The fourth-order valence-electron chi connectivity index (χ4n) is 2.26. The molecule has 0 aromatic rings. The molecule has 0 spiro atoms. The summed E-state index contributed by atoms with van der Waals surface area (Å²) in [7, 11) is 0. The summed E-state index contributed by atoms with van der Waals surface area (Å²) in [4.78, 5) is 36.4. The molecule has 1 aliphatic rings. The summed E-state index contributed by atoms with van der Waals surface area (Å²) in [6, 6.07) is -1.19. The van der Waals surface area contributed by atoms with Gasteiger partial charge in [-0.3, -0.25) is 4.90 Å². The Hall–Kier alpha value is -2.00. The molecule has 0 aromatic heterocycles. The van der Waals surface area contributed by atoms with Crippen LogP contribution in [0.1, 0.15) is 40.5 Å². The van der Waals surface area contributed by atoms with Gasteiger partial charge in [0.2, 0.25) is 0 Å². The first kappa shape index (κ1) is 21.0. The van der Waals surface area contributed by atoms with Gasteiger partial charge in [0.1, 0.15) is 17.7 Å². The first-order valence-corrected chi connectivity index (χ1v) is 7.79. The van der Waals surface area contributed by atoms with Crippen LogP contribution in [0.2, 0.25) is 0 Å². The smallest absolute Gasteiger partial charge is 0.464 e. The number of nitrogens with zero attached hydrogens (tertiary/aromatic N) is 1. The van der Waals surface area contributed by atoms with Gasteiger partial charge in [0.15, 0.2) is 0 Å². The summed E-state index contributed by atoms with van der Waals surface area (Å²) >= 11 is 0. The molecule has 2 atom stereocenters. The summed E-state index contributed by atoms with van der Waals surface area (Å²) in [5, 5.41) is 0. The minimum atomic E-state index is -5.12. The van der Waals surface area contributed by atoms with Crippen molar-refractivity contribution in [1.82, 2.24) is 4.90 Å². The number of carbonyl (C=O) groups excluding carboxylic acids is 3. The average molecular weight is 369 g/mol. The number of likely N-dealkylation sites (tertiary alicyclic amines) is 1. The summed E-state index contributed by atoms with van der Waals surface area (Å²) in [6.07, 6.45) is -7.40. The van der Waals surface area contributed by atoms with Gasteiger partial charge in [0, 0.05) is 19.4 Å². The normalized spacial score (nSPS) is 21.5. The van der Waals surface area contributed by atoms with Crippen molar-refractivity contribution in [2.45, 2.75) is 64.5 Å². The third-order valence-corrected chi connectivity index (χ3v) is 3.25. The lowest BCUT2D eigenvalue weighted by molar-refractivity contribution is -0.207. The van der Waals surface area contributed by atoms with E-state index >= 15 is 0 Å². The zero-order valence-electron chi connectivity index (χ0n) is 14.5. The van der Waals surface area contributed by atoms with Crippen LogP contribution in [-0.2, 0) is 23.8 Å². The fourth-order valence-corrected chi connectivity index (χ4v) is 2.26. The highest BCUT2D eigenvalue weighted by molar-refractivity contribution is 5.82. The molecule has 1 heterocycles. The number of ether oxygens (including phenoxy) is 3. The van der Waals surface area contributed by atoms with Crippen LogP contribution < -0.4 is 0 Å². The van der Waals surface area contributed by atoms with E-state index in [1.165, 1.54) is 0 Å². The molecule has 0 N–H and O–H groups in total. The highest BCUT2D eigenvalue weighted by Gasteiger charge is 2.45. The molecule has 10 heteroatoms. The minimum Gasteiger partial charge on any atom is -0.464 e. The number of hydrogen-bond donors (Lipinski definition) is 0. The van der Waals surface area contributed by atoms with E-state index in [4.69, 9.17) is 9.47 Å². The van der Waals surface area contributed by atoms with Crippen molar-refractivity contribution in [3.63, 3.8) is 0 Å². The van der Waals surface area contributed by atoms with Crippen molar-refractivity contribution < 1.29 is 41.8 Å². The first-order valence-electron chi connectivity index (χ1n) is 7.79. The van der Waals surface area contributed by atoms with Gasteiger partial charge in [-0.15, -0.1) is 0 Å². The summed E-state index contributed by atoms with van der Waals surface area (Å²) in [5.41, 5.74) is -0.810. The molecule has 0 aliphatic carbocycles. The fraction of sp³-hybridized carbons (Fsp3) is 0.800. The van der Waals surface area contributed by atoms with Gasteiger partial charge in [-0.05, 0) is 27.7 Å². The van der Waals surface area contributed by atoms with E-state index in [0.29, 0.717) is 0 Å². The Labute approximate surface area is 143 Å². The average Bonchev–Trinajstić information content (AvgIpc) is 2.44. The summed E-state index contributed by atoms with van der Waals surface area (Å²) in [6.45, 7) is 6.41. The molecule has 1 fully saturated rings. The maximum Gasteiger partial charge on any atom is 0.490 e. The van der Waals surface area contributed by atoms with Gasteiger partial charge >= 0.3 is 24.2 Å². The molecular weight excluding hydrogens is 347 g/mol. The lowest BCUT2D eigenvalue weighted by Gasteiger charge is -2.38. The van der Waals surface area contributed by atoms with Crippen LogP contribution in [0.4, 0.5) is 18.0 Å². The Morgan fingerprint density at radius 1 is 1.16 bits per heavy atom. The van der Waals surface area contributed by atoms with Gasteiger partial charge in [-0.25, -0.2) is 14.4 Å². The molecular formula is C15H22F3NO6. The Kier molecular flexibility index (Phi) is 6.67. The Bertz CT molecular complexity index is 514. The van der Waals surface area contributed by atoms with Crippen LogP contribution >= 0.6 is 0 Å². The Balaban J connectivity index is 2.87. The molecule has 7 nitrogen and oxygen atoms in total. The van der Waals surface area contributed by atoms with Crippen molar-refractivity contribution >= 4 is 18.0 Å². The highest BCUT2D eigenvalue weighted by atomic mass is 19.4. The zero-order chi connectivity index (χ0) is 19.4. The predicted molar refractivity (Wildman–Crippen MR) is 78.5 cm³/mol. The molecule has 0 radical (unpaired) electrons. The molecule has 25 heavy (non-hydrogen) atoms. The van der Waals surface area contributed by atoms with Gasteiger partial charge in [0.25, 0.3) is 0 Å². The van der Waals surface area contributed by atoms with Crippen molar-refractivity contribution in [3.05, 3.63) is 0 Å². The predicted octanol–water partition coefficient (Wildman–Crippen LogP) is 2.42. The highest BCUT2D eigenvalue weighted by Crippen LogP contribution is 2.26. The van der Waals surface area contributed by atoms with E-state index in [2.05, 4.69) is 4.74 Å². The number of hydrogen-bond acceptors (Lipinski definition) is 6. The molecule has 1 aliphatic heterocycles. The molecule has 0 aromatic carbocycles. The third kappa shape index (κ3) is 6.43. The van der Waals surface area contributed by atoms with Crippen LogP contribution in [-0.4, -0.2) is 60.0 Å². The lowest BCUT2D eigenvalue weighted by atomic mass is 9.99. The largest absolute Gasteiger partial charge is 0.490 e. The molecule has 0 saturated carbocycles. The molecule has 0 bridgehead atoms. The number of rotatable bonds is 3. The Morgan fingerprint density at radius 3 is 2.24 bits per heavy atom. The van der Waals surface area contributed by atoms with E-state index in [0.717, 1.165) is 4.90 Å². The maximum absolute atomic E-state index is 12.3. The van der Waals surface area contributed by atoms with Crippen molar-refractivity contribution in [2.75, 3.05) is 13.2 Å². The lowest BCUT2D eigenvalue weighted by Crippen LogP contribution is -2.54. The molecule has 1 rings (SSSR count). The van der Waals surface area contributed by atoms with Crippen LogP contribution in [0.25, 0.3) is 0 Å². The van der Waals surface area contributed by atoms with Crippen LogP contribution in [0.15, 0.2) is 0 Å². The Morgan fingerprint density at radius 2 is 1.76 bits per heavy atom. The van der Waals surface area contributed by atoms with Crippen LogP contribution in [0.5, 0.6) is 0 Å². The molecule has 0 unspecified atom stereocenters. The second kappa shape index (κ2) is 7.92. The van der Waals surface area contributed by atoms with E-state index in [1.54, 1.807) is 27.7 Å². The molecule has 144 valence electrons. The van der Waals surface area contributed by atoms with E-state index < -0.39 is 42.0 Å². The minimum absolute atomic E-state index is 0.0322. The zero-order valence-corrected chi connectivity index (χ0v) is 14.5. The second-order valence-corrected chi connectivity index (χ2v) is 6.49. The summed E-state index contributed by atoms with van der Waals surface area (Å²) in [5.74, 6) is -3.12.